The van der Waals surface area contributed by atoms with Crippen molar-refractivity contribution in [3.8, 4) is 0 Å². The van der Waals surface area contributed by atoms with Gasteiger partial charge in [-0.2, -0.15) is 4.37 Å². The van der Waals surface area contributed by atoms with Crippen molar-refractivity contribution in [1.29, 1.82) is 0 Å². The van der Waals surface area contributed by atoms with Gasteiger partial charge in [0, 0.05) is 18.2 Å². The summed E-state index contributed by atoms with van der Waals surface area (Å²) < 4.78 is 4.33. The van der Waals surface area contributed by atoms with E-state index in [-0.39, 0.29) is 0 Å². The average Bonchev–Trinajstić information content (AvgIpc) is 3.10. The SMILES string of the molecule is CCN(c1snc(N)c1C1CC1)C1CC1. The molecule has 0 bridgehead atoms. The Hall–Kier alpha value is -0.770. The molecule has 0 saturated heterocycles. The van der Waals surface area contributed by atoms with Crippen LogP contribution in [0.1, 0.15) is 44.1 Å². The molecule has 2 N–H and O–H groups in total. The van der Waals surface area contributed by atoms with E-state index in [1.807, 2.05) is 0 Å². The number of nitrogens with zero attached hydrogens (tertiary/aromatic N) is 2. The first kappa shape index (κ1) is 9.46. The number of anilines is 2. The number of aromatic nitrogens is 1. The molecule has 2 aliphatic rings. The lowest BCUT2D eigenvalue weighted by Gasteiger charge is -2.21. The lowest BCUT2D eigenvalue weighted by atomic mass is 10.2. The van der Waals surface area contributed by atoms with Gasteiger partial charge in [0.05, 0.1) is 0 Å². The van der Waals surface area contributed by atoms with Crippen molar-refractivity contribution in [3.05, 3.63) is 5.56 Å². The third-order valence-corrected chi connectivity index (χ3v) is 4.23. The van der Waals surface area contributed by atoms with Crippen molar-refractivity contribution < 1.29 is 0 Å². The summed E-state index contributed by atoms with van der Waals surface area (Å²) in [6.45, 7) is 3.32. The standard InChI is InChI=1S/C11H17N3S/c1-2-14(8-5-6-8)11-9(7-3-4-7)10(12)13-15-11/h7-8H,2-6H2,1H3,(H2,12,13). The monoisotopic (exact) mass is 223 g/mol. The Bertz CT molecular complexity index is 366. The fourth-order valence-corrected chi connectivity index (χ4v) is 3.25. The molecule has 0 atom stereocenters. The van der Waals surface area contributed by atoms with Crippen LogP contribution < -0.4 is 10.6 Å². The predicted molar refractivity (Wildman–Crippen MR) is 64.5 cm³/mol. The smallest absolute Gasteiger partial charge is 0.142 e. The van der Waals surface area contributed by atoms with Gasteiger partial charge in [0.2, 0.25) is 0 Å². The highest BCUT2D eigenvalue weighted by molar-refractivity contribution is 7.10. The molecular formula is C11H17N3S. The minimum Gasteiger partial charge on any atom is -0.383 e. The second-order valence-corrected chi connectivity index (χ2v) is 5.33. The van der Waals surface area contributed by atoms with E-state index in [4.69, 9.17) is 5.73 Å². The quantitative estimate of drug-likeness (QED) is 0.853. The van der Waals surface area contributed by atoms with Gasteiger partial charge in [0.25, 0.3) is 0 Å². The summed E-state index contributed by atoms with van der Waals surface area (Å²) in [4.78, 5) is 2.50. The number of nitrogen functional groups attached to an aromatic ring is 1. The summed E-state index contributed by atoms with van der Waals surface area (Å²) in [5.74, 6) is 1.50. The molecule has 0 aromatic carbocycles. The maximum Gasteiger partial charge on any atom is 0.142 e. The van der Waals surface area contributed by atoms with E-state index in [9.17, 15) is 0 Å². The molecule has 2 fully saturated rings. The summed E-state index contributed by atoms with van der Waals surface area (Å²) in [6.07, 6.45) is 5.29. The van der Waals surface area contributed by atoms with E-state index >= 15 is 0 Å². The van der Waals surface area contributed by atoms with Gasteiger partial charge in [0.15, 0.2) is 0 Å². The van der Waals surface area contributed by atoms with Crippen LogP contribution in [0.25, 0.3) is 0 Å². The van der Waals surface area contributed by atoms with Crippen LogP contribution in [0.15, 0.2) is 0 Å². The molecule has 1 aromatic rings. The summed E-state index contributed by atoms with van der Waals surface area (Å²) in [5, 5.41) is 1.36. The normalized spacial score (nSPS) is 20.6. The molecule has 1 aromatic heterocycles. The molecule has 2 aliphatic carbocycles. The lowest BCUT2D eigenvalue weighted by Crippen LogP contribution is -2.24. The molecule has 3 rings (SSSR count). The third-order valence-electron chi connectivity index (χ3n) is 3.31. The Morgan fingerprint density at radius 1 is 1.40 bits per heavy atom. The summed E-state index contributed by atoms with van der Waals surface area (Å²) in [6, 6.07) is 0.771. The van der Waals surface area contributed by atoms with Crippen LogP contribution >= 0.6 is 11.5 Å². The maximum atomic E-state index is 5.97. The molecular weight excluding hydrogens is 206 g/mol. The topological polar surface area (TPSA) is 42.2 Å². The number of nitrogens with two attached hydrogens (primary N) is 1. The van der Waals surface area contributed by atoms with Gasteiger partial charge in [-0.05, 0) is 50.1 Å². The fourth-order valence-electron chi connectivity index (χ4n) is 2.22. The van der Waals surface area contributed by atoms with Crippen LogP contribution in [0.5, 0.6) is 0 Å². The molecule has 1 heterocycles. The van der Waals surface area contributed by atoms with Crippen molar-refractivity contribution in [3.63, 3.8) is 0 Å². The lowest BCUT2D eigenvalue weighted by molar-refractivity contribution is 0.828. The first-order chi connectivity index (χ1) is 7.31. The zero-order valence-electron chi connectivity index (χ0n) is 9.07. The van der Waals surface area contributed by atoms with E-state index in [2.05, 4.69) is 16.2 Å². The minimum atomic E-state index is 0.714. The summed E-state index contributed by atoms with van der Waals surface area (Å²) in [5.41, 5.74) is 7.32. The van der Waals surface area contributed by atoms with Crippen molar-refractivity contribution in [2.24, 2.45) is 0 Å². The van der Waals surface area contributed by atoms with Gasteiger partial charge in [-0.3, -0.25) is 0 Å². The van der Waals surface area contributed by atoms with Gasteiger partial charge in [-0.25, -0.2) is 0 Å². The zero-order valence-corrected chi connectivity index (χ0v) is 9.89. The van der Waals surface area contributed by atoms with E-state index in [0.717, 1.165) is 18.4 Å². The molecule has 3 nitrogen and oxygen atoms in total. The van der Waals surface area contributed by atoms with Gasteiger partial charge < -0.3 is 10.6 Å². The molecule has 15 heavy (non-hydrogen) atoms. The molecule has 2 saturated carbocycles. The van der Waals surface area contributed by atoms with Gasteiger partial charge >= 0.3 is 0 Å². The first-order valence-corrected chi connectivity index (χ1v) is 6.60. The Balaban J connectivity index is 1.94. The average molecular weight is 223 g/mol. The second-order valence-electron chi connectivity index (χ2n) is 4.58. The maximum absolute atomic E-state index is 5.97. The van der Waals surface area contributed by atoms with Gasteiger partial charge in [-0.15, -0.1) is 0 Å². The van der Waals surface area contributed by atoms with Crippen LogP contribution in [-0.2, 0) is 0 Å². The van der Waals surface area contributed by atoms with E-state index < -0.39 is 0 Å². The Kier molecular flexibility index (Phi) is 2.12. The fraction of sp³-hybridized carbons (Fsp3) is 0.727. The number of rotatable bonds is 4. The molecule has 0 amide bonds. The number of hydrogen-bond donors (Lipinski definition) is 1. The van der Waals surface area contributed by atoms with Crippen LogP contribution in [0.4, 0.5) is 10.8 Å². The molecule has 0 aliphatic heterocycles. The summed E-state index contributed by atoms with van der Waals surface area (Å²) >= 11 is 1.60. The minimum absolute atomic E-state index is 0.714. The van der Waals surface area contributed by atoms with E-state index in [0.29, 0.717) is 5.92 Å². The van der Waals surface area contributed by atoms with Crippen LogP contribution in [0, 0.1) is 0 Å². The Morgan fingerprint density at radius 2 is 2.13 bits per heavy atom. The van der Waals surface area contributed by atoms with Crippen LogP contribution in [-0.4, -0.2) is 17.0 Å². The molecule has 82 valence electrons. The van der Waals surface area contributed by atoms with Gasteiger partial charge in [0.1, 0.15) is 10.8 Å². The van der Waals surface area contributed by atoms with Crippen molar-refractivity contribution in [1.82, 2.24) is 4.37 Å². The highest BCUT2D eigenvalue weighted by atomic mass is 32.1. The van der Waals surface area contributed by atoms with E-state index in [1.54, 1.807) is 11.5 Å². The summed E-state index contributed by atoms with van der Waals surface area (Å²) in [7, 11) is 0. The molecule has 0 unspecified atom stereocenters. The first-order valence-electron chi connectivity index (χ1n) is 5.83. The largest absolute Gasteiger partial charge is 0.383 e. The van der Waals surface area contributed by atoms with Crippen molar-refractivity contribution in [2.45, 2.75) is 44.6 Å². The third kappa shape index (κ3) is 1.61. The van der Waals surface area contributed by atoms with Crippen molar-refractivity contribution in [2.75, 3.05) is 17.2 Å². The van der Waals surface area contributed by atoms with Crippen LogP contribution in [0.2, 0.25) is 0 Å². The van der Waals surface area contributed by atoms with E-state index in [1.165, 1.54) is 36.2 Å². The highest BCUT2D eigenvalue weighted by Crippen LogP contribution is 2.50. The Labute approximate surface area is 94.4 Å². The molecule has 0 radical (unpaired) electrons. The second kappa shape index (κ2) is 3.37. The molecule has 4 heteroatoms. The van der Waals surface area contributed by atoms with Gasteiger partial charge in [-0.1, -0.05) is 0 Å². The van der Waals surface area contributed by atoms with Crippen molar-refractivity contribution >= 4 is 22.4 Å². The number of hydrogen-bond acceptors (Lipinski definition) is 4. The molecule has 0 spiro atoms. The highest BCUT2D eigenvalue weighted by Gasteiger charge is 2.36. The zero-order chi connectivity index (χ0) is 10.4. The van der Waals surface area contributed by atoms with Crippen LogP contribution in [0.3, 0.4) is 0 Å². The predicted octanol–water partition coefficient (Wildman–Crippen LogP) is 2.59. The Morgan fingerprint density at radius 3 is 2.67 bits per heavy atom.